The molecule has 0 spiro atoms. The van der Waals surface area contributed by atoms with Gasteiger partial charge in [0.05, 0.1) is 17.7 Å². The van der Waals surface area contributed by atoms with Crippen molar-refractivity contribution in [3.8, 4) is 11.5 Å². The van der Waals surface area contributed by atoms with E-state index in [0.717, 1.165) is 10.9 Å². The van der Waals surface area contributed by atoms with E-state index >= 15 is 0 Å². The highest BCUT2D eigenvalue weighted by atomic mass is 32.2. The molecule has 0 amide bonds. The predicted molar refractivity (Wildman–Crippen MR) is 122 cm³/mol. The first-order valence-electron chi connectivity index (χ1n) is 10.4. The van der Waals surface area contributed by atoms with Crippen molar-refractivity contribution in [2.24, 2.45) is 0 Å². The van der Waals surface area contributed by atoms with Crippen molar-refractivity contribution in [3.63, 3.8) is 0 Å². The molecule has 0 atom stereocenters. The number of pyridine rings is 1. The van der Waals surface area contributed by atoms with E-state index in [2.05, 4.69) is 4.98 Å². The third-order valence-electron chi connectivity index (χ3n) is 5.49. The number of hydrogen-bond donors (Lipinski definition) is 1. The van der Waals surface area contributed by atoms with Gasteiger partial charge >= 0.3 is 0 Å². The first-order valence-corrected chi connectivity index (χ1v) is 11.9. The molecule has 1 aliphatic heterocycles. The van der Waals surface area contributed by atoms with Gasteiger partial charge < -0.3 is 18.9 Å². The van der Waals surface area contributed by atoms with Gasteiger partial charge in [0.1, 0.15) is 19.0 Å². The lowest BCUT2D eigenvalue weighted by atomic mass is 10.1. The molecule has 0 fully saturated rings. The minimum absolute atomic E-state index is 0.0326. The molecule has 2 aromatic heterocycles. The van der Waals surface area contributed by atoms with Crippen LogP contribution in [0.15, 0.2) is 75.0 Å². The van der Waals surface area contributed by atoms with Crippen LogP contribution in [-0.4, -0.2) is 30.9 Å². The highest BCUT2D eigenvalue weighted by Crippen LogP contribution is 2.33. The summed E-state index contributed by atoms with van der Waals surface area (Å²) >= 11 is 0. The number of nitrogens with one attached hydrogen (secondary N) is 1. The number of H-pyrrole nitrogens is 1. The number of sulfonamides is 1. The first-order chi connectivity index (χ1) is 15.9. The molecule has 1 aliphatic rings. The molecule has 0 aliphatic carbocycles. The Morgan fingerprint density at radius 2 is 1.79 bits per heavy atom. The lowest BCUT2D eigenvalue weighted by Gasteiger charge is -2.23. The lowest BCUT2D eigenvalue weighted by molar-refractivity contribution is 0.171. The fraction of sp³-hybridized carbons (Fsp3) is 0.208. The largest absolute Gasteiger partial charge is 0.486 e. The van der Waals surface area contributed by atoms with Crippen molar-refractivity contribution < 1.29 is 22.3 Å². The van der Waals surface area contributed by atoms with Gasteiger partial charge in [0, 0.05) is 23.7 Å². The van der Waals surface area contributed by atoms with Crippen molar-refractivity contribution in [2.45, 2.75) is 24.9 Å². The molecule has 0 bridgehead atoms. The maximum atomic E-state index is 13.6. The van der Waals surface area contributed by atoms with Crippen LogP contribution in [0.5, 0.6) is 11.5 Å². The number of aromatic amines is 1. The van der Waals surface area contributed by atoms with Crippen LogP contribution in [0.1, 0.15) is 16.9 Å². The number of furan rings is 1. The van der Waals surface area contributed by atoms with Crippen LogP contribution in [0.4, 0.5) is 0 Å². The Hall–Kier alpha value is -3.56. The van der Waals surface area contributed by atoms with Crippen LogP contribution in [0.25, 0.3) is 10.9 Å². The van der Waals surface area contributed by atoms with E-state index in [0.29, 0.717) is 41.6 Å². The van der Waals surface area contributed by atoms with Crippen molar-refractivity contribution >= 4 is 20.9 Å². The van der Waals surface area contributed by atoms with Gasteiger partial charge in [-0.25, -0.2) is 8.42 Å². The van der Waals surface area contributed by atoms with E-state index in [1.165, 1.54) is 22.7 Å². The second kappa shape index (κ2) is 8.42. The van der Waals surface area contributed by atoms with Crippen LogP contribution in [0, 0.1) is 6.92 Å². The number of aromatic nitrogens is 1. The number of nitrogens with zero attached hydrogens (tertiary/aromatic N) is 1. The molecule has 4 aromatic rings. The van der Waals surface area contributed by atoms with Gasteiger partial charge in [-0.1, -0.05) is 12.1 Å². The third-order valence-corrected chi connectivity index (χ3v) is 7.28. The molecule has 0 unspecified atom stereocenters. The smallest absolute Gasteiger partial charge is 0.252 e. The van der Waals surface area contributed by atoms with Crippen LogP contribution in [-0.2, 0) is 23.1 Å². The lowest BCUT2D eigenvalue weighted by Crippen LogP contribution is -2.32. The van der Waals surface area contributed by atoms with E-state index in [1.807, 2.05) is 25.1 Å². The zero-order valence-corrected chi connectivity index (χ0v) is 18.7. The van der Waals surface area contributed by atoms with Gasteiger partial charge in [0.15, 0.2) is 11.5 Å². The van der Waals surface area contributed by atoms with E-state index < -0.39 is 10.0 Å². The number of ether oxygens (including phenoxy) is 2. The predicted octanol–water partition coefficient (Wildman–Crippen LogP) is 3.59. The van der Waals surface area contributed by atoms with Gasteiger partial charge in [-0.3, -0.25) is 4.79 Å². The van der Waals surface area contributed by atoms with Gasteiger partial charge in [-0.15, -0.1) is 0 Å². The van der Waals surface area contributed by atoms with Crippen molar-refractivity contribution in [2.75, 3.05) is 13.2 Å². The van der Waals surface area contributed by atoms with Crippen LogP contribution < -0.4 is 15.0 Å². The Kier molecular flexibility index (Phi) is 5.43. The third kappa shape index (κ3) is 4.24. The number of rotatable bonds is 6. The van der Waals surface area contributed by atoms with E-state index in [9.17, 15) is 13.2 Å². The quantitative estimate of drug-likeness (QED) is 0.466. The fourth-order valence-corrected chi connectivity index (χ4v) is 5.20. The second-order valence-electron chi connectivity index (χ2n) is 7.87. The molecule has 1 N–H and O–H groups in total. The van der Waals surface area contributed by atoms with Gasteiger partial charge in [-0.2, -0.15) is 4.31 Å². The van der Waals surface area contributed by atoms with E-state index in [1.54, 1.807) is 24.3 Å². The maximum absolute atomic E-state index is 13.6. The molecule has 33 heavy (non-hydrogen) atoms. The maximum Gasteiger partial charge on any atom is 0.252 e. The summed E-state index contributed by atoms with van der Waals surface area (Å²) in [5.41, 5.74) is 1.72. The summed E-state index contributed by atoms with van der Waals surface area (Å²) in [6, 6.07) is 15.3. The normalized spacial score (nSPS) is 13.5. The van der Waals surface area contributed by atoms with Gasteiger partial charge in [0.2, 0.25) is 10.0 Å². The molecular formula is C24H22N2O6S. The summed E-state index contributed by atoms with van der Waals surface area (Å²) in [6.45, 7) is 2.54. The topological polar surface area (TPSA) is 102 Å². The number of aryl methyl sites for hydroxylation is 1. The summed E-state index contributed by atoms with van der Waals surface area (Å²) in [6.07, 6.45) is 1.48. The standard InChI is InChI=1S/C24H22N2O6S/c1-16-4-5-17-12-18(24(27)25-21(17)11-16)14-26(15-19-3-2-8-30-19)33(28,29)20-6-7-22-23(13-20)32-10-9-31-22/h2-8,11-13H,9-10,14-15H2,1H3,(H,25,27). The molecule has 3 heterocycles. The summed E-state index contributed by atoms with van der Waals surface area (Å²) in [5.74, 6) is 1.34. The minimum Gasteiger partial charge on any atom is -0.486 e. The van der Waals surface area contributed by atoms with Crippen LogP contribution >= 0.6 is 0 Å². The number of hydrogen-bond acceptors (Lipinski definition) is 6. The minimum atomic E-state index is -4.00. The Morgan fingerprint density at radius 1 is 0.970 bits per heavy atom. The molecule has 0 saturated carbocycles. The second-order valence-corrected chi connectivity index (χ2v) is 9.81. The van der Waals surface area contributed by atoms with Crippen molar-refractivity contribution in [3.05, 3.63) is 88.1 Å². The van der Waals surface area contributed by atoms with Gasteiger partial charge in [-0.05, 0) is 54.3 Å². The average molecular weight is 467 g/mol. The Labute approximate surface area is 190 Å². The van der Waals surface area contributed by atoms with Crippen molar-refractivity contribution in [1.29, 1.82) is 0 Å². The summed E-state index contributed by atoms with van der Waals surface area (Å²) in [7, 11) is -4.00. The van der Waals surface area contributed by atoms with Crippen molar-refractivity contribution in [1.82, 2.24) is 9.29 Å². The van der Waals surface area contributed by atoms with Gasteiger partial charge in [0.25, 0.3) is 5.56 Å². The highest BCUT2D eigenvalue weighted by molar-refractivity contribution is 7.89. The van der Waals surface area contributed by atoms with E-state index in [-0.39, 0.29) is 23.5 Å². The summed E-state index contributed by atoms with van der Waals surface area (Å²) < 4.78 is 45.0. The number of fused-ring (bicyclic) bond motifs is 2. The molecule has 170 valence electrons. The Morgan fingerprint density at radius 3 is 2.58 bits per heavy atom. The fourth-order valence-electron chi connectivity index (χ4n) is 3.80. The molecule has 9 heteroatoms. The molecular weight excluding hydrogens is 444 g/mol. The van der Waals surface area contributed by atoms with Crippen LogP contribution in [0.3, 0.4) is 0 Å². The number of benzene rings is 2. The Balaban J connectivity index is 1.55. The summed E-state index contributed by atoms with van der Waals surface area (Å²) in [4.78, 5) is 15.7. The van der Waals surface area contributed by atoms with Crippen LogP contribution in [0.2, 0.25) is 0 Å². The zero-order chi connectivity index (χ0) is 23.0. The SMILES string of the molecule is Cc1ccc2cc(CN(Cc3ccco3)S(=O)(=O)c3ccc4c(c3)OCCO4)c(=O)[nH]c2c1. The monoisotopic (exact) mass is 466 g/mol. The summed E-state index contributed by atoms with van der Waals surface area (Å²) in [5, 5.41) is 0.824. The van der Waals surface area contributed by atoms with E-state index in [4.69, 9.17) is 13.9 Å². The molecule has 2 aromatic carbocycles. The Bertz CT molecular complexity index is 1470. The zero-order valence-electron chi connectivity index (χ0n) is 17.9. The molecule has 0 saturated heterocycles. The molecule has 0 radical (unpaired) electrons. The first kappa shape index (κ1) is 21.3. The molecule has 8 nitrogen and oxygen atoms in total. The highest BCUT2D eigenvalue weighted by Gasteiger charge is 2.28. The molecule has 5 rings (SSSR count). The average Bonchev–Trinajstić information content (AvgIpc) is 3.32.